The van der Waals surface area contributed by atoms with Gasteiger partial charge in [-0.25, -0.2) is 13.8 Å². The molecule has 1 atom stereocenters. The monoisotopic (exact) mass is 392 g/mol. The van der Waals surface area contributed by atoms with Crippen molar-refractivity contribution in [2.24, 2.45) is 0 Å². The van der Waals surface area contributed by atoms with E-state index in [4.69, 9.17) is 0 Å². The number of anilines is 1. The van der Waals surface area contributed by atoms with E-state index in [-0.39, 0.29) is 22.5 Å². The maximum absolute atomic E-state index is 13.9. The minimum absolute atomic E-state index is 0.00144. The number of thiazole rings is 1. The molecule has 3 N–H and O–H groups in total. The molecular formula is C18H18F2N4O2S. The molecule has 1 aliphatic rings. The number of aliphatic hydroxyl groups is 1. The Morgan fingerprint density at radius 1 is 1.44 bits per heavy atom. The number of hydrogen-bond acceptors (Lipinski definition) is 5. The van der Waals surface area contributed by atoms with Crippen molar-refractivity contribution in [2.75, 3.05) is 18.4 Å². The fourth-order valence-electron chi connectivity index (χ4n) is 3.12. The number of hydrogen-bond donors (Lipinski definition) is 3. The second-order valence-electron chi connectivity index (χ2n) is 6.60. The van der Waals surface area contributed by atoms with Crippen LogP contribution in [0.2, 0.25) is 0 Å². The molecule has 0 radical (unpaired) electrons. The van der Waals surface area contributed by atoms with Crippen LogP contribution in [0.3, 0.4) is 0 Å². The SMILES string of the molecule is CC(O)CNc1nc2c(s1)CN(C(=O)c1cc3c(F)ccc(F)c3[nH]1)CC2. The van der Waals surface area contributed by atoms with Gasteiger partial charge in [0, 0.05) is 29.8 Å². The molecule has 0 aliphatic carbocycles. The molecule has 1 aromatic carbocycles. The highest BCUT2D eigenvalue weighted by atomic mass is 32.1. The molecule has 0 saturated carbocycles. The number of nitrogens with zero attached hydrogens (tertiary/aromatic N) is 2. The zero-order valence-electron chi connectivity index (χ0n) is 14.6. The van der Waals surface area contributed by atoms with Crippen LogP contribution in [0.15, 0.2) is 18.2 Å². The van der Waals surface area contributed by atoms with E-state index in [0.29, 0.717) is 31.2 Å². The summed E-state index contributed by atoms with van der Waals surface area (Å²) in [6.07, 6.45) is 0.128. The molecule has 9 heteroatoms. The molecule has 1 unspecified atom stereocenters. The summed E-state index contributed by atoms with van der Waals surface area (Å²) in [5.41, 5.74) is 1.10. The lowest BCUT2D eigenvalue weighted by molar-refractivity contribution is 0.0731. The predicted molar refractivity (Wildman–Crippen MR) is 98.9 cm³/mol. The van der Waals surface area contributed by atoms with Gasteiger partial charge in [0.2, 0.25) is 0 Å². The number of benzene rings is 1. The van der Waals surface area contributed by atoms with E-state index in [9.17, 15) is 18.7 Å². The molecule has 0 spiro atoms. The molecule has 1 amide bonds. The molecule has 27 heavy (non-hydrogen) atoms. The summed E-state index contributed by atoms with van der Waals surface area (Å²) in [7, 11) is 0. The smallest absolute Gasteiger partial charge is 0.270 e. The van der Waals surface area contributed by atoms with Crippen molar-refractivity contribution in [2.45, 2.75) is 26.0 Å². The van der Waals surface area contributed by atoms with E-state index in [2.05, 4.69) is 15.3 Å². The van der Waals surface area contributed by atoms with Crippen LogP contribution in [0.4, 0.5) is 13.9 Å². The molecular weight excluding hydrogens is 374 g/mol. The minimum Gasteiger partial charge on any atom is -0.392 e. The number of amides is 1. The second kappa shape index (κ2) is 6.90. The zero-order chi connectivity index (χ0) is 19.1. The van der Waals surface area contributed by atoms with E-state index in [1.165, 1.54) is 17.4 Å². The van der Waals surface area contributed by atoms with Gasteiger partial charge in [-0.15, -0.1) is 0 Å². The summed E-state index contributed by atoms with van der Waals surface area (Å²) in [5, 5.41) is 13.2. The summed E-state index contributed by atoms with van der Waals surface area (Å²) in [5.74, 6) is -1.47. The van der Waals surface area contributed by atoms with Crippen LogP contribution in [-0.4, -0.2) is 45.1 Å². The number of aromatic amines is 1. The van der Waals surface area contributed by atoms with E-state index >= 15 is 0 Å². The average Bonchev–Trinajstić information content (AvgIpc) is 3.26. The highest BCUT2D eigenvalue weighted by molar-refractivity contribution is 7.15. The van der Waals surface area contributed by atoms with Crippen molar-refractivity contribution in [3.63, 3.8) is 0 Å². The lowest BCUT2D eigenvalue weighted by Crippen LogP contribution is -2.35. The van der Waals surface area contributed by atoms with Gasteiger partial charge in [-0.3, -0.25) is 4.79 Å². The Labute approximate surface area is 157 Å². The average molecular weight is 392 g/mol. The van der Waals surface area contributed by atoms with Crippen molar-refractivity contribution in [1.29, 1.82) is 0 Å². The maximum atomic E-state index is 13.9. The van der Waals surface area contributed by atoms with E-state index in [1.54, 1.807) is 11.8 Å². The summed E-state index contributed by atoms with van der Waals surface area (Å²) in [4.78, 5) is 22.6. The third-order valence-corrected chi connectivity index (χ3v) is 5.53. The fraction of sp³-hybridized carbons (Fsp3) is 0.333. The summed E-state index contributed by atoms with van der Waals surface area (Å²) >= 11 is 1.45. The minimum atomic E-state index is -0.595. The van der Waals surface area contributed by atoms with Crippen molar-refractivity contribution in [1.82, 2.24) is 14.9 Å². The van der Waals surface area contributed by atoms with Gasteiger partial charge >= 0.3 is 0 Å². The van der Waals surface area contributed by atoms with Gasteiger partial charge in [0.25, 0.3) is 5.91 Å². The van der Waals surface area contributed by atoms with Gasteiger partial charge in [-0.2, -0.15) is 0 Å². The lowest BCUT2D eigenvalue weighted by Gasteiger charge is -2.25. The number of carbonyl (C=O) groups excluding carboxylic acids is 1. The number of rotatable bonds is 4. The third-order valence-electron chi connectivity index (χ3n) is 4.49. The Hall–Kier alpha value is -2.52. The number of fused-ring (bicyclic) bond motifs is 2. The molecule has 3 heterocycles. The van der Waals surface area contributed by atoms with Gasteiger partial charge in [0.1, 0.15) is 17.3 Å². The van der Waals surface area contributed by atoms with Gasteiger partial charge in [0.05, 0.1) is 23.9 Å². The fourth-order valence-corrected chi connectivity index (χ4v) is 4.15. The molecule has 0 bridgehead atoms. The predicted octanol–water partition coefficient (Wildman–Crippen LogP) is 2.89. The number of aromatic nitrogens is 2. The molecule has 6 nitrogen and oxygen atoms in total. The first-order valence-corrected chi connectivity index (χ1v) is 9.40. The number of H-pyrrole nitrogens is 1. The van der Waals surface area contributed by atoms with Crippen LogP contribution < -0.4 is 5.32 Å². The van der Waals surface area contributed by atoms with Crippen molar-refractivity contribution < 1.29 is 18.7 Å². The van der Waals surface area contributed by atoms with E-state index in [0.717, 1.165) is 22.7 Å². The van der Waals surface area contributed by atoms with Gasteiger partial charge in [0.15, 0.2) is 5.13 Å². The van der Waals surface area contributed by atoms with Crippen molar-refractivity contribution in [3.8, 4) is 0 Å². The van der Waals surface area contributed by atoms with Crippen molar-refractivity contribution >= 4 is 33.3 Å². The molecule has 0 fully saturated rings. The van der Waals surface area contributed by atoms with Gasteiger partial charge in [-0.1, -0.05) is 11.3 Å². The van der Waals surface area contributed by atoms with Crippen LogP contribution in [0, 0.1) is 11.6 Å². The van der Waals surface area contributed by atoms with E-state index < -0.39 is 17.7 Å². The zero-order valence-corrected chi connectivity index (χ0v) is 15.4. The Morgan fingerprint density at radius 2 is 2.22 bits per heavy atom. The normalized spacial score (nSPS) is 15.0. The Kier molecular flexibility index (Phi) is 4.56. The largest absolute Gasteiger partial charge is 0.392 e. The second-order valence-corrected chi connectivity index (χ2v) is 7.68. The van der Waals surface area contributed by atoms with Crippen LogP contribution in [0.5, 0.6) is 0 Å². The number of aliphatic hydroxyl groups excluding tert-OH is 1. The van der Waals surface area contributed by atoms with E-state index in [1.807, 2.05) is 0 Å². The lowest BCUT2D eigenvalue weighted by atomic mass is 10.1. The quantitative estimate of drug-likeness (QED) is 0.638. The first kappa shape index (κ1) is 17.9. The number of halogens is 2. The summed E-state index contributed by atoms with van der Waals surface area (Å²) < 4.78 is 27.7. The van der Waals surface area contributed by atoms with Gasteiger partial charge in [-0.05, 0) is 25.1 Å². The first-order valence-electron chi connectivity index (χ1n) is 8.59. The maximum Gasteiger partial charge on any atom is 0.270 e. The van der Waals surface area contributed by atoms with Crippen LogP contribution in [0.1, 0.15) is 28.0 Å². The molecule has 0 saturated heterocycles. The highest BCUT2D eigenvalue weighted by Gasteiger charge is 2.26. The Morgan fingerprint density at radius 3 is 2.96 bits per heavy atom. The number of carbonyl (C=O) groups is 1. The van der Waals surface area contributed by atoms with Crippen LogP contribution in [0.25, 0.3) is 10.9 Å². The molecule has 4 rings (SSSR count). The Bertz CT molecular complexity index is 975. The number of nitrogens with one attached hydrogen (secondary N) is 2. The first-order chi connectivity index (χ1) is 12.9. The summed E-state index contributed by atoms with van der Waals surface area (Å²) in [6, 6.07) is 3.44. The summed E-state index contributed by atoms with van der Waals surface area (Å²) in [6.45, 7) is 2.96. The molecule has 142 valence electrons. The Balaban J connectivity index is 1.54. The standard InChI is InChI=1S/C18H18F2N4O2S/c1-9(25)7-21-18-23-13-4-5-24(8-15(13)27-18)17(26)14-6-10-11(19)2-3-12(20)16(10)22-14/h2-3,6,9,22,25H,4-5,7-8H2,1H3,(H,21,23). The molecule has 3 aromatic rings. The molecule has 2 aromatic heterocycles. The third kappa shape index (κ3) is 3.40. The topological polar surface area (TPSA) is 81.2 Å². The van der Waals surface area contributed by atoms with Gasteiger partial charge < -0.3 is 20.3 Å². The highest BCUT2D eigenvalue weighted by Crippen LogP contribution is 2.30. The van der Waals surface area contributed by atoms with Crippen LogP contribution in [-0.2, 0) is 13.0 Å². The van der Waals surface area contributed by atoms with Crippen molar-refractivity contribution in [3.05, 3.63) is 46.1 Å². The molecule has 1 aliphatic heterocycles. The van der Waals surface area contributed by atoms with Crippen LogP contribution >= 0.6 is 11.3 Å².